The molecule has 0 radical (unpaired) electrons. The maximum absolute atomic E-state index is 13.9. The van der Waals surface area contributed by atoms with Gasteiger partial charge in [-0.25, -0.2) is 12.8 Å². The highest BCUT2D eigenvalue weighted by Crippen LogP contribution is 2.26. The number of methoxy groups -OCH3 is 1. The molecule has 0 spiro atoms. The quantitative estimate of drug-likeness (QED) is 0.911. The van der Waals surface area contributed by atoms with Crippen LogP contribution in [0.15, 0.2) is 17.0 Å². The van der Waals surface area contributed by atoms with Gasteiger partial charge in [0, 0.05) is 32.3 Å². The summed E-state index contributed by atoms with van der Waals surface area (Å²) in [4.78, 5) is -0.000275. The zero-order valence-electron chi connectivity index (χ0n) is 12.3. The number of benzene rings is 1. The summed E-state index contributed by atoms with van der Waals surface area (Å²) in [7, 11) is -2.16. The van der Waals surface area contributed by atoms with E-state index in [0.29, 0.717) is 18.7 Å². The van der Waals surface area contributed by atoms with Crippen LogP contribution in [0.5, 0.6) is 0 Å². The second-order valence-electron chi connectivity index (χ2n) is 5.27. The van der Waals surface area contributed by atoms with Crippen LogP contribution in [0.25, 0.3) is 0 Å². The van der Waals surface area contributed by atoms with Crippen molar-refractivity contribution in [1.29, 1.82) is 0 Å². The van der Waals surface area contributed by atoms with Crippen molar-refractivity contribution in [2.75, 3.05) is 20.2 Å². The van der Waals surface area contributed by atoms with E-state index in [1.54, 1.807) is 7.11 Å². The van der Waals surface area contributed by atoms with Gasteiger partial charge in [-0.1, -0.05) is 0 Å². The van der Waals surface area contributed by atoms with E-state index >= 15 is 0 Å². The largest absolute Gasteiger partial charge is 0.380 e. The van der Waals surface area contributed by atoms with Crippen molar-refractivity contribution in [1.82, 2.24) is 4.31 Å². The molecule has 2 N–H and O–H groups in total. The van der Waals surface area contributed by atoms with Gasteiger partial charge in [0.1, 0.15) is 5.82 Å². The van der Waals surface area contributed by atoms with Crippen LogP contribution in [-0.2, 0) is 21.3 Å². The Morgan fingerprint density at radius 3 is 2.81 bits per heavy atom. The SMILES string of the molecule is COC1CCCN(S(=O)(=O)c2cc(CN)cc(F)c2C)C1. The number of rotatable bonds is 4. The van der Waals surface area contributed by atoms with Gasteiger partial charge in [0.15, 0.2) is 0 Å². The second kappa shape index (κ2) is 6.39. The van der Waals surface area contributed by atoms with Crippen molar-refractivity contribution in [2.24, 2.45) is 5.73 Å². The number of nitrogens with zero attached hydrogens (tertiary/aromatic N) is 1. The predicted molar refractivity (Wildman–Crippen MR) is 77.8 cm³/mol. The molecule has 0 amide bonds. The molecule has 1 heterocycles. The minimum absolute atomic E-state index is 0.000275. The fourth-order valence-corrected chi connectivity index (χ4v) is 4.34. The molecule has 1 aromatic carbocycles. The standard InChI is InChI=1S/C14H21FN2O3S/c1-10-13(15)6-11(8-16)7-14(10)21(18,19)17-5-3-4-12(9-17)20-2/h6-7,12H,3-5,8-9,16H2,1-2H3. The van der Waals surface area contributed by atoms with Crippen LogP contribution in [0.1, 0.15) is 24.0 Å². The number of hydrogen-bond donors (Lipinski definition) is 1. The molecule has 0 saturated carbocycles. The summed E-state index contributed by atoms with van der Waals surface area (Å²) >= 11 is 0. The Hall–Kier alpha value is -1.02. The highest BCUT2D eigenvalue weighted by atomic mass is 32.2. The molecule has 1 aromatic rings. The number of nitrogens with two attached hydrogens (primary N) is 1. The van der Waals surface area contributed by atoms with Gasteiger partial charge in [0.05, 0.1) is 11.0 Å². The molecule has 0 aliphatic carbocycles. The molecule has 0 bridgehead atoms. The summed E-state index contributed by atoms with van der Waals surface area (Å²) in [6, 6.07) is 2.74. The lowest BCUT2D eigenvalue weighted by molar-refractivity contribution is 0.0571. The molecule has 0 aromatic heterocycles. The normalized spacial score (nSPS) is 20.7. The Bertz CT molecular complexity index is 619. The molecule has 1 atom stereocenters. The maximum Gasteiger partial charge on any atom is 0.243 e. The molecule has 1 saturated heterocycles. The topological polar surface area (TPSA) is 72.6 Å². The lowest BCUT2D eigenvalue weighted by Gasteiger charge is -2.31. The number of hydrogen-bond acceptors (Lipinski definition) is 4. The van der Waals surface area contributed by atoms with E-state index in [1.807, 2.05) is 0 Å². The minimum atomic E-state index is -3.73. The molecular formula is C14H21FN2O3S. The van der Waals surface area contributed by atoms with Crippen molar-refractivity contribution < 1.29 is 17.5 Å². The smallest absolute Gasteiger partial charge is 0.243 e. The molecule has 21 heavy (non-hydrogen) atoms. The van der Waals surface area contributed by atoms with Crippen LogP contribution >= 0.6 is 0 Å². The van der Waals surface area contributed by atoms with E-state index in [-0.39, 0.29) is 23.1 Å². The molecule has 1 aliphatic rings. The van der Waals surface area contributed by atoms with Gasteiger partial charge in [-0.3, -0.25) is 0 Å². The van der Waals surface area contributed by atoms with Gasteiger partial charge >= 0.3 is 0 Å². The molecule has 7 heteroatoms. The van der Waals surface area contributed by atoms with Gasteiger partial charge in [0.25, 0.3) is 0 Å². The van der Waals surface area contributed by atoms with Gasteiger partial charge in [0.2, 0.25) is 10.0 Å². The average Bonchev–Trinajstić information content (AvgIpc) is 2.49. The van der Waals surface area contributed by atoms with Crippen LogP contribution in [0, 0.1) is 12.7 Å². The van der Waals surface area contributed by atoms with Crippen molar-refractivity contribution in [3.8, 4) is 0 Å². The van der Waals surface area contributed by atoms with Crippen LogP contribution in [-0.4, -0.2) is 39.0 Å². The summed E-state index contributed by atoms with van der Waals surface area (Å²) in [5.74, 6) is -0.545. The Morgan fingerprint density at radius 2 is 2.19 bits per heavy atom. The van der Waals surface area contributed by atoms with E-state index in [4.69, 9.17) is 10.5 Å². The fourth-order valence-electron chi connectivity index (χ4n) is 2.55. The zero-order valence-corrected chi connectivity index (χ0v) is 13.1. The van der Waals surface area contributed by atoms with Crippen LogP contribution < -0.4 is 5.73 Å². The number of piperidine rings is 1. The van der Waals surface area contributed by atoms with Gasteiger partial charge in [-0.05, 0) is 37.5 Å². The molecule has 118 valence electrons. The van der Waals surface area contributed by atoms with Crippen molar-refractivity contribution in [2.45, 2.75) is 37.3 Å². The molecule has 1 aliphatic heterocycles. The van der Waals surface area contributed by atoms with E-state index in [2.05, 4.69) is 0 Å². The Labute approximate surface area is 124 Å². The highest BCUT2D eigenvalue weighted by molar-refractivity contribution is 7.89. The van der Waals surface area contributed by atoms with Crippen molar-refractivity contribution >= 4 is 10.0 Å². The first-order chi connectivity index (χ1) is 9.90. The highest BCUT2D eigenvalue weighted by Gasteiger charge is 2.32. The Kier molecular flexibility index (Phi) is 4.98. The van der Waals surface area contributed by atoms with Crippen LogP contribution in [0.2, 0.25) is 0 Å². The van der Waals surface area contributed by atoms with E-state index in [0.717, 1.165) is 12.8 Å². The fraction of sp³-hybridized carbons (Fsp3) is 0.571. The van der Waals surface area contributed by atoms with Crippen molar-refractivity contribution in [3.05, 3.63) is 29.1 Å². The summed E-state index contributed by atoms with van der Waals surface area (Å²) in [5, 5.41) is 0. The van der Waals surface area contributed by atoms with E-state index in [9.17, 15) is 12.8 Å². The lowest BCUT2D eigenvalue weighted by Crippen LogP contribution is -2.43. The van der Waals surface area contributed by atoms with E-state index in [1.165, 1.54) is 23.4 Å². The number of sulfonamides is 1. The van der Waals surface area contributed by atoms with Gasteiger partial charge in [-0.2, -0.15) is 4.31 Å². The Morgan fingerprint density at radius 1 is 1.48 bits per heavy atom. The molecule has 1 unspecified atom stereocenters. The third kappa shape index (κ3) is 3.26. The van der Waals surface area contributed by atoms with Gasteiger partial charge < -0.3 is 10.5 Å². The molecular weight excluding hydrogens is 295 g/mol. The van der Waals surface area contributed by atoms with E-state index < -0.39 is 15.8 Å². The predicted octanol–water partition coefficient (Wildman–Crippen LogP) is 1.39. The summed E-state index contributed by atoms with van der Waals surface area (Å²) < 4.78 is 46.0. The summed E-state index contributed by atoms with van der Waals surface area (Å²) in [5.41, 5.74) is 6.11. The first kappa shape index (κ1) is 16.4. The second-order valence-corrected chi connectivity index (χ2v) is 7.17. The summed E-state index contributed by atoms with van der Waals surface area (Å²) in [6.07, 6.45) is 1.45. The van der Waals surface area contributed by atoms with Gasteiger partial charge in [-0.15, -0.1) is 0 Å². The zero-order chi connectivity index (χ0) is 15.6. The monoisotopic (exact) mass is 316 g/mol. The third-order valence-corrected chi connectivity index (χ3v) is 5.88. The molecule has 2 rings (SSSR count). The lowest BCUT2D eigenvalue weighted by atomic mass is 10.1. The average molecular weight is 316 g/mol. The third-order valence-electron chi connectivity index (χ3n) is 3.88. The van der Waals surface area contributed by atoms with Crippen LogP contribution in [0.4, 0.5) is 4.39 Å². The minimum Gasteiger partial charge on any atom is -0.380 e. The first-order valence-electron chi connectivity index (χ1n) is 6.92. The van der Waals surface area contributed by atoms with Crippen molar-refractivity contribution in [3.63, 3.8) is 0 Å². The Balaban J connectivity index is 2.41. The number of ether oxygens (including phenoxy) is 1. The van der Waals surface area contributed by atoms with Crippen LogP contribution in [0.3, 0.4) is 0 Å². The molecule has 1 fully saturated rings. The number of halogens is 1. The molecule has 5 nitrogen and oxygen atoms in total. The maximum atomic E-state index is 13.9. The first-order valence-corrected chi connectivity index (χ1v) is 8.36. The summed E-state index contributed by atoms with van der Waals surface area (Å²) in [6.45, 7) is 2.30.